The van der Waals surface area contributed by atoms with Gasteiger partial charge in [0.1, 0.15) is 11.6 Å². The van der Waals surface area contributed by atoms with E-state index < -0.39 is 0 Å². The number of allylic oxidation sites excluding steroid dienone is 2. The minimum absolute atomic E-state index is 0. The van der Waals surface area contributed by atoms with E-state index in [0.29, 0.717) is 35.1 Å². The first-order chi connectivity index (χ1) is 25.5. The van der Waals surface area contributed by atoms with E-state index in [2.05, 4.69) is 53.9 Å². The number of fused-ring (bicyclic) bond motifs is 3. The Balaban J connectivity index is 0.00000400. The number of pyridine rings is 1. The van der Waals surface area contributed by atoms with Crippen LogP contribution >= 0.6 is 0 Å². The van der Waals surface area contributed by atoms with Crippen LogP contribution in [0.3, 0.4) is 0 Å². The molecule has 3 aromatic heterocycles. The van der Waals surface area contributed by atoms with Crippen LogP contribution in [-0.2, 0) is 21.1 Å². The Labute approximate surface area is 326 Å². The quantitative estimate of drug-likeness (QED) is 0.119. The predicted molar refractivity (Wildman–Crippen MR) is 206 cm³/mol. The van der Waals surface area contributed by atoms with E-state index in [0.717, 1.165) is 39.1 Å². The molecule has 7 heteroatoms. The maximum atomic E-state index is 14.4. The number of hydrogen-bond donors (Lipinski definition) is 0. The molecule has 53 heavy (non-hydrogen) atoms. The summed E-state index contributed by atoms with van der Waals surface area (Å²) >= 11 is 0. The molecule has 3 aliphatic carbocycles. The zero-order chi connectivity index (χ0) is 35.2. The van der Waals surface area contributed by atoms with Gasteiger partial charge in [0.05, 0.1) is 5.69 Å². The first kappa shape index (κ1) is 36.0. The van der Waals surface area contributed by atoms with Gasteiger partial charge in [0, 0.05) is 46.5 Å². The second kappa shape index (κ2) is 15.4. The van der Waals surface area contributed by atoms with Crippen molar-refractivity contribution in [1.82, 2.24) is 19.3 Å². The van der Waals surface area contributed by atoms with Crippen LogP contribution in [0.4, 0.5) is 4.39 Å². The molecule has 2 atom stereocenters. The van der Waals surface area contributed by atoms with Crippen molar-refractivity contribution >= 4 is 21.8 Å². The summed E-state index contributed by atoms with van der Waals surface area (Å²) in [5.41, 5.74) is 8.12. The van der Waals surface area contributed by atoms with Crippen LogP contribution < -0.4 is 4.74 Å². The minimum Gasteiger partial charge on any atom is -0.509 e. The average Bonchev–Trinajstić information content (AvgIpc) is 3.67. The molecule has 9 rings (SSSR count). The van der Waals surface area contributed by atoms with Gasteiger partial charge in [-0.05, 0) is 80.5 Å². The summed E-state index contributed by atoms with van der Waals surface area (Å²) in [6, 6.07) is 27.9. The van der Waals surface area contributed by atoms with Crippen molar-refractivity contribution in [3.05, 3.63) is 119 Å². The fraction of sp³-hybridized carbons (Fsp3) is 0.391. The molecule has 0 radical (unpaired) electrons. The second-order valence-corrected chi connectivity index (χ2v) is 15.4. The average molecular weight is 886 g/mol. The molecule has 2 saturated carbocycles. The molecule has 0 saturated heterocycles. The number of hydrogen-bond acceptors (Lipinski definition) is 3. The number of para-hydroxylation sites is 1. The van der Waals surface area contributed by atoms with E-state index in [-0.39, 0.29) is 26.9 Å². The van der Waals surface area contributed by atoms with E-state index in [1.54, 1.807) is 5.57 Å². The van der Waals surface area contributed by atoms with E-state index in [4.69, 9.17) is 9.84 Å². The van der Waals surface area contributed by atoms with Crippen LogP contribution in [0.1, 0.15) is 99.9 Å². The molecule has 2 fully saturated rings. The Bertz CT molecular complexity index is 2270. The number of ether oxygens (including phenoxy) is 1. The van der Waals surface area contributed by atoms with Gasteiger partial charge >= 0.3 is 21.1 Å². The number of halogens is 1. The molecule has 3 heterocycles. The van der Waals surface area contributed by atoms with Crippen LogP contribution in [0.15, 0.2) is 84.6 Å². The van der Waals surface area contributed by atoms with Gasteiger partial charge in [-0.1, -0.05) is 86.7 Å². The van der Waals surface area contributed by atoms with Gasteiger partial charge < -0.3 is 9.30 Å². The van der Waals surface area contributed by atoms with Crippen molar-refractivity contribution in [1.29, 1.82) is 0 Å². The van der Waals surface area contributed by atoms with Gasteiger partial charge in [-0.25, -0.2) is 9.37 Å². The van der Waals surface area contributed by atoms with Crippen LogP contribution in [0.5, 0.6) is 11.5 Å². The first-order valence-electron chi connectivity index (χ1n) is 19.6. The predicted octanol–water partition coefficient (Wildman–Crippen LogP) is 12.1. The van der Waals surface area contributed by atoms with Gasteiger partial charge in [-0.2, -0.15) is 17.2 Å². The molecule has 0 bridgehead atoms. The van der Waals surface area contributed by atoms with Crippen LogP contribution in [-0.4, -0.2) is 19.3 Å². The van der Waals surface area contributed by atoms with Crippen molar-refractivity contribution in [3.63, 3.8) is 0 Å². The molecule has 5 nitrogen and oxygen atoms in total. The molecule has 1 unspecified atom stereocenters. The molecule has 0 spiro atoms. The van der Waals surface area contributed by atoms with Crippen molar-refractivity contribution in [2.24, 2.45) is 17.8 Å². The van der Waals surface area contributed by atoms with Gasteiger partial charge in [-0.3, -0.25) is 4.68 Å². The Morgan fingerprint density at radius 3 is 2.38 bits per heavy atom. The van der Waals surface area contributed by atoms with Crippen molar-refractivity contribution in [2.45, 2.75) is 96.8 Å². The largest absolute Gasteiger partial charge is 2.00 e. The summed E-state index contributed by atoms with van der Waals surface area (Å²) in [6.07, 6.45) is 20.3. The third-order valence-electron chi connectivity index (χ3n) is 12.4. The second-order valence-electron chi connectivity index (χ2n) is 15.4. The molecule has 6 aromatic rings. The summed E-state index contributed by atoms with van der Waals surface area (Å²) in [6.45, 7) is 4.49. The van der Waals surface area contributed by atoms with Crippen molar-refractivity contribution < 1.29 is 30.2 Å². The van der Waals surface area contributed by atoms with Gasteiger partial charge in [0.25, 0.3) is 0 Å². The SMILES string of the molecule is Cc1nn(-c2[c-]c(Oc3[c-]c4c(cc3)c3ccccc3n4-c3cc(F)ccn3)ccc2)c(C)c1C1C(C2CCCCC2)=CCC[C@@H]1C1CCCCC1.[Pt+2]. The summed E-state index contributed by atoms with van der Waals surface area (Å²) < 4.78 is 24.9. The van der Waals surface area contributed by atoms with E-state index in [1.165, 1.54) is 107 Å². The Kier molecular flexibility index (Phi) is 10.4. The van der Waals surface area contributed by atoms with Gasteiger partial charge in [0.2, 0.25) is 0 Å². The van der Waals surface area contributed by atoms with Gasteiger partial charge in [-0.15, -0.1) is 35.7 Å². The van der Waals surface area contributed by atoms with E-state index >= 15 is 0 Å². The summed E-state index contributed by atoms with van der Waals surface area (Å²) in [4.78, 5) is 4.50. The smallest absolute Gasteiger partial charge is 0.509 e. The van der Waals surface area contributed by atoms with Crippen LogP contribution in [0.2, 0.25) is 0 Å². The molecular formula is C46H47FN4OPt. The third kappa shape index (κ3) is 6.82. The number of aryl methyl sites for hydroxylation is 1. The molecule has 0 N–H and O–H groups in total. The summed E-state index contributed by atoms with van der Waals surface area (Å²) in [5, 5.41) is 7.28. The summed E-state index contributed by atoms with van der Waals surface area (Å²) in [7, 11) is 0. The maximum Gasteiger partial charge on any atom is 2.00 e. The number of benzene rings is 3. The van der Waals surface area contributed by atoms with Crippen LogP contribution in [0, 0.1) is 49.6 Å². The molecule has 3 aromatic carbocycles. The van der Waals surface area contributed by atoms with Crippen LogP contribution in [0.25, 0.3) is 33.3 Å². The monoisotopic (exact) mass is 885 g/mol. The number of nitrogens with zero attached hydrogens (tertiary/aromatic N) is 4. The standard InChI is InChI=1S/C46H47FN4O.Pt/c1-30-45(46-38(32-13-5-3-6-14-32)20-12-21-39(46)33-15-7-4-8-16-33)31(2)51(49-30)35-17-11-18-36(28-35)52-37-23-24-41-40-19-9-10-22-42(40)50(43(41)29-37)44-27-34(47)25-26-48-44;/h9-11,17-20,22-27,32-33,39,46H,3-8,12-16,21H2,1-2H3;/q-2;+2/t39-,46?;/m1./s1. The number of rotatable bonds is 7. The van der Waals surface area contributed by atoms with E-state index in [1.807, 2.05) is 47.0 Å². The Morgan fingerprint density at radius 1 is 0.792 bits per heavy atom. The normalized spacial score (nSPS) is 20.0. The molecular weight excluding hydrogens is 839 g/mol. The fourth-order valence-electron chi connectivity index (χ4n) is 10.1. The first-order valence-corrected chi connectivity index (χ1v) is 19.6. The zero-order valence-electron chi connectivity index (χ0n) is 30.7. The molecule has 274 valence electrons. The van der Waals surface area contributed by atoms with E-state index in [9.17, 15) is 4.39 Å². The molecule has 0 aliphatic heterocycles. The fourth-order valence-corrected chi connectivity index (χ4v) is 10.1. The summed E-state index contributed by atoms with van der Waals surface area (Å²) in [5.74, 6) is 3.97. The Hall–Kier alpha value is -4.02. The van der Waals surface area contributed by atoms with Gasteiger partial charge in [0.15, 0.2) is 0 Å². The third-order valence-corrected chi connectivity index (χ3v) is 12.4. The minimum atomic E-state index is -0.337. The maximum absolute atomic E-state index is 14.4. The van der Waals surface area contributed by atoms with Crippen molar-refractivity contribution in [2.75, 3.05) is 0 Å². The zero-order valence-corrected chi connectivity index (χ0v) is 33.0. The topological polar surface area (TPSA) is 44.9 Å². The number of aromatic nitrogens is 4. The molecule has 3 aliphatic rings. The van der Waals surface area contributed by atoms with Crippen molar-refractivity contribution in [3.8, 4) is 23.0 Å². The Morgan fingerprint density at radius 2 is 1.57 bits per heavy atom. The molecule has 0 amide bonds.